The van der Waals surface area contributed by atoms with Crippen LogP contribution in [0.3, 0.4) is 0 Å². The molecular formula is C18H23N5O4. The Morgan fingerprint density at radius 3 is 2.41 bits per heavy atom. The highest BCUT2D eigenvalue weighted by atomic mass is 16.4. The van der Waals surface area contributed by atoms with Gasteiger partial charge in [0.15, 0.2) is 5.69 Å². The molecule has 2 N–H and O–H groups in total. The highest BCUT2D eigenvalue weighted by Crippen LogP contribution is 2.15. The second-order valence-electron chi connectivity index (χ2n) is 6.27. The van der Waals surface area contributed by atoms with E-state index in [2.05, 4.69) is 15.6 Å². The molecule has 0 radical (unpaired) electrons. The van der Waals surface area contributed by atoms with E-state index in [4.69, 9.17) is 0 Å². The van der Waals surface area contributed by atoms with Crippen LogP contribution in [0, 0.1) is 13.8 Å². The number of hydrogen-bond donors (Lipinski definition) is 2. The minimum absolute atomic E-state index is 0.0444. The van der Waals surface area contributed by atoms with E-state index in [1.165, 1.54) is 18.5 Å². The van der Waals surface area contributed by atoms with Gasteiger partial charge in [-0.3, -0.25) is 9.59 Å². The van der Waals surface area contributed by atoms with Crippen LogP contribution in [0.4, 0.5) is 0 Å². The van der Waals surface area contributed by atoms with Gasteiger partial charge in [0.1, 0.15) is 6.04 Å². The molecule has 2 aromatic rings. The number of hydrogen-bond acceptors (Lipinski definition) is 5. The van der Waals surface area contributed by atoms with E-state index in [0.717, 1.165) is 16.2 Å². The first-order chi connectivity index (χ1) is 12.7. The molecule has 0 aliphatic heterocycles. The normalized spacial score (nSPS) is 11.7. The molecule has 0 bridgehead atoms. The fraction of sp³-hybridized carbons (Fsp3) is 0.389. The SMILES string of the molecule is CC(=O)NCCN(C(=O)c1nnn(-c2ccc(C)cc2)c1C)C(C)C(=O)O. The van der Waals surface area contributed by atoms with Gasteiger partial charge in [0.25, 0.3) is 5.91 Å². The molecule has 1 unspecified atom stereocenters. The van der Waals surface area contributed by atoms with Gasteiger partial charge in [-0.25, -0.2) is 9.48 Å². The number of carbonyl (C=O) groups is 3. The predicted molar refractivity (Wildman–Crippen MR) is 97.7 cm³/mol. The molecule has 144 valence electrons. The minimum Gasteiger partial charge on any atom is -0.480 e. The first-order valence-corrected chi connectivity index (χ1v) is 8.50. The van der Waals surface area contributed by atoms with Crippen LogP contribution in [0.25, 0.3) is 5.69 Å². The van der Waals surface area contributed by atoms with Crippen LogP contribution in [-0.4, -0.2) is 61.9 Å². The Kier molecular flexibility index (Phi) is 6.27. The maximum Gasteiger partial charge on any atom is 0.326 e. The van der Waals surface area contributed by atoms with E-state index in [1.807, 2.05) is 31.2 Å². The monoisotopic (exact) mass is 373 g/mol. The lowest BCUT2D eigenvalue weighted by Crippen LogP contribution is -2.47. The van der Waals surface area contributed by atoms with E-state index >= 15 is 0 Å². The number of carboxylic acids is 1. The van der Waals surface area contributed by atoms with Gasteiger partial charge in [0.2, 0.25) is 5.91 Å². The third-order valence-electron chi connectivity index (χ3n) is 4.19. The molecule has 0 fully saturated rings. The highest BCUT2D eigenvalue weighted by Gasteiger charge is 2.29. The number of nitrogens with one attached hydrogen (secondary N) is 1. The van der Waals surface area contributed by atoms with E-state index in [1.54, 1.807) is 6.92 Å². The molecule has 0 spiro atoms. The zero-order valence-corrected chi connectivity index (χ0v) is 15.8. The van der Waals surface area contributed by atoms with Gasteiger partial charge in [0.05, 0.1) is 11.4 Å². The lowest BCUT2D eigenvalue weighted by Gasteiger charge is -2.26. The molecule has 1 aromatic heterocycles. The van der Waals surface area contributed by atoms with E-state index in [0.29, 0.717) is 5.69 Å². The van der Waals surface area contributed by atoms with E-state index in [-0.39, 0.29) is 24.7 Å². The highest BCUT2D eigenvalue weighted by molar-refractivity contribution is 5.95. The van der Waals surface area contributed by atoms with E-state index < -0.39 is 17.9 Å². The minimum atomic E-state index is -1.14. The van der Waals surface area contributed by atoms with Crippen molar-refractivity contribution in [3.8, 4) is 5.69 Å². The van der Waals surface area contributed by atoms with Crippen molar-refractivity contribution in [2.75, 3.05) is 13.1 Å². The number of benzene rings is 1. The summed E-state index contributed by atoms with van der Waals surface area (Å²) in [7, 11) is 0. The van der Waals surface area contributed by atoms with Gasteiger partial charge < -0.3 is 15.3 Å². The van der Waals surface area contributed by atoms with Crippen molar-refractivity contribution >= 4 is 17.8 Å². The van der Waals surface area contributed by atoms with Crippen molar-refractivity contribution in [1.29, 1.82) is 0 Å². The lowest BCUT2D eigenvalue weighted by atomic mass is 10.2. The van der Waals surface area contributed by atoms with Gasteiger partial charge in [0, 0.05) is 20.0 Å². The maximum absolute atomic E-state index is 12.9. The largest absolute Gasteiger partial charge is 0.480 e. The summed E-state index contributed by atoms with van der Waals surface area (Å²) in [5, 5.41) is 19.9. The number of amides is 2. The van der Waals surface area contributed by atoms with Crippen molar-refractivity contribution < 1.29 is 19.5 Å². The van der Waals surface area contributed by atoms with Crippen molar-refractivity contribution in [3.05, 3.63) is 41.2 Å². The molecule has 9 nitrogen and oxygen atoms in total. The molecule has 9 heteroatoms. The van der Waals surface area contributed by atoms with Gasteiger partial charge >= 0.3 is 5.97 Å². The summed E-state index contributed by atoms with van der Waals surface area (Å²) < 4.78 is 1.53. The Labute approximate surface area is 157 Å². The van der Waals surface area contributed by atoms with Crippen molar-refractivity contribution in [2.24, 2.45) is 0 Å². The van der Waals surface area contributed by atoms with Crippen LogP contribution in [0.5, 0.6) is 0 Å². The van der Waals surface area contributed by atoms with Gasteiger partial charge in [-0.1, -0.05) is 22.9 Å². The summed E-state index contributed by atoms with van der Waals surface area (Å²) >= 11 is 0. The molecular weight excluding hydrogens is 350 g/mol. The summed E-state index contributed by atoms with van der Waals surface area (Å²) in [6.45, 7) is 6.61. The van der Waals surface area contributed by atoms with Crippen LogP contribution in [0.15, 0.2) is 24.3 Å². The Morgan fingerprint density at radius 2 is 1.85 bits per heavy atom. The standard InChI is InChI=1S/C18H23N5O4/c1-11-5-7-15(8-6-11)23-12(2)16(20-21-23)17(25)22(13(3)18(26)27)10-9-19-14(4)24/h5-8,13H,9-10H2,1-4H3,(H,19,24)(H,26,27). The third kappa shape index (κ3) is 4.69. The summed E-state index contributed by atoms with van der Waals surface area (Å²) in [4.78, 5) is 36.5. The zero-order chi connectivity index (χ0) is 20.1. The van der Waals surface area contributed by atoms with Crippen molar-refractivity contribution in [3.63, 3.8) is 0 Å². The van der Waals surface area contributed by atoms with E-state index in [9.17, 15) is 19.5 Å². The van der Waals surface area contributed by atoms with Crippen molar-refractivity contribution in [1.82, 2.24) is 25.2 Å². The average molecular weight is 373 g/mol. The summed E-state index contributed by atoms with van der Waals surface area (Å²) in [5.41, 5.74) is 2.42. The molecule has 0 saturated heterocycles. The van der Waals surface area contributed by atoms with Gasteiger partial charge in [-0.15, -0.1) is 5.10 Å². The molecule has 1 aromatic carbocycles. The fourth-order valence-electron chi connectivity index (χ4n) is 2.55. The summed E-state index contributed by atoms with van der Waals surface area (Å²) in [6, 6.07) is 6.49. The number of nitrogens with zero attached hydrogens (tertiary/aromatic N) is 4. The third-order valence-corrected chi connectivity index (χ3v) is 4.19. The Balaban J connectivity index is 2.30. The number of aliphatic carboxylic acids is 1. The van der Waals surface area contributed by atoms with Crippen LogP contribution in [-0.2, 0) is 9.59 Å². The first kappa shape index (κ1) is 20.1. The number of rotatable bonds is 7. The molecule has 2 rings (SSSR count). The molecule has 1 atom stereocenters. The van der Waals surface area contributed by atoms with Gasteiger partial charge in [-0.05, 0) is 32.9 Å². The van der Waals surface area contributed by atoms with Gasteiger partial charge in [-0.2, -0.15) is 0 Å². The smallest absolute Gasteiger partial charge is 0.326 e. The molecule has 2 amide bonds. The summed E-state index contributed by atoms with van der Waals surface area (Å²) in [6.07, 6.45) is 0. The predicted octanol–water partition coefficient (Wildman–Crippen LogP) is 0.936. The first-order valence-electron chi connectivity index (χ1n) is 8.50. The Bertz CT molecular complexity index is 844. The second-order valence-corrected chi connectivity index (χ2v) is 6.27. The molecule has 27 heavy (non-hydrogen) atoms. The molecule has 0 aliphatic rings. The topological polar surface area (TPSA) is 117 Å². The summed E-state index contributed by atoms with van der Waals surface area (Å²) in [5.74, 6) is -1.95. The van der Waals surface area contributed by atoms with Crippen LogP contribution in [0.2, 0.25) is 0 Å². The fourth-order valence-corrected chi connectivity index (χ4v) is 2.55. The molecule has 0 saturated carbocycles. The van der Waals surface area contributed by atoms with Crippen LogP contribution in [0.1, 0.15) is 35.6 Å². The Morgan fingerprint density at radius 1 is 1.22 bits per heavy atom. The van der Waals surface area contributed by atoms with Crippen LogP contribution < -0.4 is 5.32 Å². The maximum atomic E-state index is 12.9. The number of aromatic nitrogens is 3. The zero-order valence-electron chi connectivity index (χ0n) is 15.8. The molecule has 0 aliphatic carbocycles. The Hall–Kier alpha value is -3.23. The van der Waals surface area contributed by atoms with Crippen LogP contribution >= 0.6 is 0 Å². The lowest BCUT2D eigenvalue weighted by molar-refractivity contribution is -0.141. The number of carbonyl (C=O) groups excluding carboxylic acids is 2. The molecule has 1 heterocycles. The average Bonchev–Trinajstić information content (AvgIpc) is 2.99. The second kappa shape index (κ2) is 8.43. The van der Waals surface area contributed by atoms with Crippen molar-refractivity contribution in [2.45, 2.75) is 33.7 Å². The number of aryl methyl sites for hydroxylation is 1. The quantitative estimate of drug-likeness (QED) is 0.746. The number of carboxylic acid groups (broad SMARTS) is 1.